The highest BCUT2D eigenvalue weighted by Crippen LogP contribution is 2.22. The van der Waals surface area contributed by atoms with Crippen LogP contribution in [0.3, 0.4) is 0 Å². The molecule has 0 aromatic heterocycles. The lowest BCUT2D eigenvalue weighted by molar-refractivity contribution is 0.414. The van der Waals surface area contributed by atoms with E-state index in [1.165, 1.54) is 10.6 Å². The number of hydrogen-bond donors (Lipinski definition) is 0. The van der Waals surface area contributed by atoms with E-state index in [1.807, 2.05) is 48.5 Å². The van der Waals surface area contributed by atoms with E-state index in [0.29, 0.717) is 11.1 Å². The minimum atomic E-state index is -3.43. The Morgan fingerprint density at radius 3 is 1.41 bits per heavy atom. The van der Waals surface area contributed by atoms with Crippen LogP contribution >= 0.6 is 0 Å². The molecule has 0 heterocycles. The summed E-state index contributed by atoms with van der Waals surface area (Å²) in [5.74, 6) is 1.47. The number of methoxy groups -OCH3 is 2. The van der Waals surface area contributed by atoms with Crippen molar-refractivity contribution in [3.63, 3.8) is 0 Å². The summed E-state index contributed by atoms with van der Waals surface area (Å²) in [5, 5.41) is 0. The minimum Gasteiger partial charge on any atom is -0.497 e. The third-order valence-corrected chi connectivity index (χ3v) is 5.40. The summed E-state index contributed by atoms with van der Waals surface area (Å²) in [4.78, 5) is 0. The molecule has 2 aromatic carbocycles. The van der Waals surface area contributed by atoms with Crippen molar-refractivity contribution in [2.75, 3.05) is 33.6 Å². The third-order valence-electron chi connectivity index (χ3n) is 4.20. The normalized spacial score (nSPS) is 11.3. The summed E-state index contributed by atoms with van der Waals surface area (Å²) in [6.07, 6.45) is 1.19. The van der Waals surface area contributed by atoms with Crippen LogP contribution in [-0.2, 0) is 10.0 Å². The fourth-order valence-corrected chi connectivity index (χ4v) is 3.33. The molecule has 0 N–H and O–H groups in total. The Labute approximate surface area is 161 Å². The lowest BCUT2D eigenvalue weighted by Gasteiger charge is -2.22. The number of nitrogens with zero attached hydrogens (tertiary/aromatic N) is 1. The molecule has 6 heteroatoms. The van der Waals surface area contributed by atoms with Gasteiger partial charge < -0.3 is 9.47 Å². The second kappa shape index (κ2) is 8.88. The Kier molecular flexibility index (Phi) is 6.82. The first-order chi connectivity index (χ1) is 12.7. The van der Waals surface area contributed by atoms with Crippen molar-refractivity contribution in [1.82, 2.24) is 4.31 Å². The first kappa shape index (κ1) is 20.7. The van der Waals surface area contributed by atoms with Gasteiger partial charge in [-0.1, -0.05) is 37.4 Å². The first-order valence-corrected chi connectivity index (χ1v) is 10.2. The number of sulfonamides is 1. The molecule has 2 rings (SSSR count). The lowest BCUT2D eigenvalue weighted by Crippen LogP contribution is -2.32. The van der Waals surface area contributed by atoms with Gasteiger partial charge >= 0.3 is 0 Å². The van der Waals surface area contributed by atoms with Crippen molar-refractivity contribution in [2.45, 2.75) is 0 Å². The van der Waals surface area contributed by atoms with Gasteiger partial charge in [-0.2, -0.15) is 4.31 Å². The van der Waals surface area contributed by atoms with Crippen molar-refractivity contribution >= 4 is 21.2 Å². The fourth-order valence-electron chi connectivity index (χ4n) is 2.55. The summed E-state index contributed by atoms with van der Waals surface area (Å²) in [6.45, 7) is 8.45. The van der Waals surface area contributed by atoms with Crippen LogP contribution in [0.4, 0.5) is 0 Å². The van der Waals surface area contributed by atoms with E-state index in [-0.39, 0.29) is 13.1 Å². The zero-order valence-electron chi connectivity index (χ0n) is 15.9. The molecule has 0 aliphatic carbocycles. The van der Waals surface area contributed by atoms with Crippen molar-refractivity contribution in [3.8, 4) is 11.5 Å². The second-order valence-corrected chi connectivity index (χ2v) is 8.18. The number of hydrogen-bond acceptors (Lipinski definition) is 4. The first-order valence-electron chi connectivity index (χ1n) is 8.34. The largest absolute Gasteiger partial charge is 0.497 e. The standard InChI is InChI=1S/C21H25NO4S/c1-16(18-6-10-20(25-3)11-7-18)14-22(27(5,23)24)15-17(2)19-8-12-21(26-4)13-9-19/h6-13H,1-2,14-15H2,3-5H3. The maximum Gasteiger partial charge on any atom is 0.211 e. The summed E-state index contributed by atoms with van der Waals surface area (Å²) in [7, 11) is -0.240. The average molecular weight is 388 g/mol. The highest BCUT2D eigenvalue weighted by Gasteiger charge is 2.19. The Bertz CT molecular complexity index is 839. The average Bonchev–Trinajstić information content (AvgIpc) is 2.66. The van der Waals surface area contributed by atoms with Crippen LogP contribution in [0.5, 0.6) is 11.5 Å². The van der Waals surface area contributed by atoms with Crippen LogP contribution in [0.2, 0.25) is 0 Å². The molecule has 5 nitrogen and oxygen atoms in total. The highest BCUT2D eigenvalue weighted by atomic mass is 32.2. The van der Waals surface area contributed by atoms with Crippen LogP contribution in [0.15, 0.2) is 61.7 Å². The van der Waals surface area contributed by atoms with Gasteiger partial charge in [0.25, 0.3) is 0 Å². The van der Waals surface area contributed by atoms with Gasteiger partial charge in [0.05, 0.1) is 20.5 Å². The van der Waals surface area contributed by atoms with Crippen LogP contribution in [0, 0.1) is 0 Å². The van der Waals surface area contributed by atoms with Crippen molar-refractivity contribution in [1.29, 1.82) is 0 Å². The van der Waals surface area contributed by atoms with E-state index >= 15 is 0 Å². The van der Waals surface area contributed by atoms with Crippen LogP contribution in [0.1, 0.15) is 11.1 Å². The number of rotatable bonds is 9. The third kappa shape index (κ3) is 5.70. The molecular weight excluding hydrogens is 362 g/mol. The van der Waals surface area contributed by atoms with Crippen molar-refractivity contribution in [3.05, 3.63) is 72.8 Å². The van der Waals surface area contributed by atoms with E-state index in [9.17, 15) is 8.42 Å². The molecule has 0 unspecified atom stereocenters. The second-order valence-electron chi connectivity index (χ2n) is 6.20. The molecule has 0 radical (unpaired) electrons. The zero-order chi connectivity index (χ0) is 20.0. The number of ether oxygens (including phenoxy) is 2. The van der Waals surface area contributed by atoms with Gasteiger partial charge in [-0.3, -0.25) is 0 Å². The summed E-state index contributed by atoms with van der Waals surface area (Å²) < 4.78 is 36.2. The topological polar surface area (TPSA) is 55.8 Å². The maximum atomic E-state index is 12.3. The molecule has 0 amide bonds. The van der Waals surface area contributed by atoms with E-state index < -0.39 is 10.0 Å². The molecule has 27 heavy (non-hydrogen) atoms. The smallest absolute Gasteiger partial charge is 0.211 e. The molecule has 144 valence electrons. The predicted octanol–water partition coefficient (Wildman–Crippen LogP) is 3.69. The molecule has 0 saturated carbocycles. The Hall–Kier alpha value is -2.57. The quantitative estimate of drug-likeness (QED) is 0.658. The Morgan fingerprint density at radius 1 is 0.815 bits per heavy atom. The Balaban J connectivity index is 2.14. The van der Waals surface area contributed by atoms with Gasteiger partial charge in [0, 0.05) is 13.1 Å². The van der Waals surface area contributed by atoms with E-state index in [1.54, 1.807) is 14.2 Å². The van der Waals surface area contributed by atoms with Gasteiger partial charge in [0.1, 0.15) is 11.5 Å². The summed E-state index contributed by atoms with van der Waals surface area (Å²) in [6, 6.07) is 14.7. The molecule has 0 fully saturated rings. The minimum absolute atomic E-state index is 0.181. The molecule has 0 atom stereocenters. The number of benzene rings is 2. The van der Waals surface area contributed by atoms with Crippen LogP contribution < -0.4 is 9.47 Å². The SMILES string of the molecule is C=C(CN(CC(=C)c1ccc(OC)cc1)S(C)(=O)=O)c1ccc(OC)cc1. The molecule has 0 aliphatic rings. The molecule has 0 aliphatic heterocycles. The van der Waals surface area contributed by atoms with Gasteiger partial charge in [0.15, 0.2) is 0 Å². The molecule has 0 saturated heterocycles. The van der Waals surface area contributed by atoms with Gasteiger partial charge in [0.2, 0.25) is 10.0 Å². The molecular formula is C21H25NO4S. The monoisotopic (exact) mass is 387 g/mol. The summed E-state index contributed by atoms with van der Waals surface area (Å²) >= 11 is 0. The van der Waals surface area contributed by atoms with Crippen molar-refractivity contribution < 1.29 is 17.9 Å². The molecule has 0 bridgehead atoms. The van der Waals surface area contributed by atoms with E-state index in [4.69, 9.17) is 9.47 Å². The van der Waals surface area contributed by atoms with Gasteiger partial charge in [-0.25, -0.2) is 8.42 Å². The van der Waals surface area contributed by atoms with Crippen LogP contribution in [0.25, 0.3) is 11.1 Å². The van der Waals surface area contributed by atoms with Gasteiger partial charge in [-0.15, -0.1) is 0 Å². The highest BCUT2D eigenvalue weighted by molar-refractivity contribution is 7.88. The van der Waals surface area contributed by atoms with Crippen LogP contribution in [-0.4, -0.2) is 46.3 Å². The van der Waals surface area contributed by atoms with Gasteiger partial charge in [-0.05, 0) is 46.5 Å². The van der Waals surface area contributed by atoms with Crippen molar-refractivity contribution in [2.24, 2.45) is 0 Å². The molecule has 0 spiro atoms. The molecule has 2 aromatic rings. The maximum absolute atomic E-state index is 12.3. The summed E-state index contributed by atoms with van der Waals surface area (Å²) in [5.41, 5.74) is 3.12. The van der Waals surface area contributed by atoms with E-state index in [2.05, 4.69) is 13.2 Å². The van der Waals surface area contributed by atoms with E-state index in [0.717, 1.165) is 22.6 Å². The lowest BCUT2D eigenvalue weighted by atomic mass is 10.1. The zero-order valence-corrected chi connectivity index (χ0v) is 16.8. The Morgan fingerprint density at radius 2 is 1.15 bits per heavy atom. The fraction of sp³-hybridized carbons (Fsp3) is 0.238. The predicted molar refractivity (Wildman–Crippen MR) is 110 cm³/mol.